The zero-order valence-electron chi connectivity index (χ0n) is 17.7. The van der Waals surface area contributed by atoms with E-state index < -0.39 is 6.04 Å². The van der Waals surface area contributed by atoms with E-state index in [9.17, 15) is 9.59 Å². The molecule has 5 heteroatoms. The van der Waals surface area contributed by atoms with Crippen molar-refractivity contribution in [2.75, 3.05) is 6.54 Å². The Morgan fingerprint density at radius 3 is 2.45 bits per heavy atom. The highest BCUT2D eigenvalue weighted by molar-refractivity contribution is 6.31. The molecule has 0 fully saturated rings. The molecule has 0 aliphatic carbocycles. The van der Waals surface area contributed by atoms with E-state index in [2.05, 4.69) is 11.4 Å². The van der Waals surface area contributed by atoms with E-state index in [0.29, 0.717) is 30.5 Å². The first kappa shape index (κ1) is 23.0. The van der Waals surface area contributed by atoms with Gasteiger partial charge in [-0.15, -0.1) is 0 Å². The molecular weight excluding hydrogens is 384 g/mol. The second kappa shape index (κ2) is 11.0. The standard InChI is InChI=1S/C24H31ClN2O2/c1-5-22(24(29)26-15-17(2)3)27(16-19-10-8-9-18(4)13-19)23(28)14-20-11-6-7-12-21(20)25/h6-13,17,22H,5,14-16H2,1-4H3,(H,26,29)/t22-/m0/s1. The smallest absolute Gasteiger partial charge is 0.242 e. The van der Waals surface area contributed by atoms with Crippen LogP contribution in [0.5, 0.6) is 0 Å². The Balaban J connectivity index is 2.29. The van der Waals surface area contributed by atoms with Gasteiger partial charge in [0, 0.05) is 18.1 Å². The maximum atomic E-state index is 13.3. The Labute approximate surface area is 179 Å². The molecule has 1 N–H and O–H groups in total. The molecule has 0 aliphatic heterocycles. The summed E-state index contributed by atoms with van der Waals surface area (Å²) in [5.74, 6) is 0.132. The van der Waals surface area contributed by atoms with E-state index in [1.807, 2.05) is 64.1 Å². The van der Waals surface area contributed by atoms with Crippen LogP contribution in [0.25, 0.3) is 0 Å². The van der Waals surface area contributed by atoms with Crippen LogP contribution < -0.4 is 5.32 Å². The molecule has 0 saturated carbocycles. The lowest BCUT2D eigenvalue weighted by Crippen LogP contribution is -2.50. The van der Waals surface area contributed by atoms with Gasteiger partial charge in [0.05, 0.1) is 6.42 Å². The zero-order chi connectivity index (χ0) is 21.4. The predicted octanol–water partition coefficient (Wildman–Crippen LogP) is 4.77. The van der Waals surface area contributed by atoms with Gasteiger partial charge in [-0.25, -0.2) is 0 Å². The van der Waals surface area contributed by atoms with Gasteiger partial charge in [-0.2, -0.15) is 0 Å². The molecule has 0 heterocycles. The molecule has 0 spiro atoms. The van der Waals surface area contributed by atoms with E-state index in [0.717, 1.165) is 16.7 Å². The third kappa shape index (κ3) is 6.90. The fourth-order valence-electron chi connectivity index (χ4n) is 3.26. The molecule has 0 unspecified atom stereocenters. The van der Waals surface area contributed by atoms with Gasteiger partial charge in [0.25, 0.3) is 0 Å². The third-order valence-corrected chi connectivity index (χ3v) is 5.17. The van der Waals surface area contributed by atoms with E-state index in [4.69, 9.17) is 11.6 Å². The monoisotopic (exact) mass is 414 g/mol. The van der Waals surface area contributed by atoms with Crippen LogP contribution in [0.3, 0.4) is 0 Å². The van der Waals surface area contributed by atoms with E-state index in [1.165, 1.54) is 0 Å². The summed E-state index contributed by atoms with van der Waals surface area (Å²) in [4.78, 5) is 27.8. The van der Waals surface area contributed by atoms with Gasteiger partial charge in [0.1, 0.15) is 6.04 Å². The van der Waals surface area contributed by atoms with Crippen molar-refractivity contribution in [1.82, 2.24) is 10.2 Å². The number of benzene rings is 2. The van der Waals surface area contributed by atoms with Crippen molar-refractivity contribution < 1.29 is 9.59 Å². The van der Waals surface area contributed by atoms with Crippen LogP contribution in [0.4, 0.5) is 0 Å². The lowest BCUT2D eigenvalue weighted by atomic mass is 10.1. The topological polar surface area (TPSA) is 49.4 Å². The summed E-state index contributed by atoms with van der Waals surface area (Å²) in [5.41, 5.74) is 2.90. The highest BCUT2D eigenvalue weighted by atomic mass is 35.5. The van der Waals surface area contributed by atoms with Crippen molar-refractivity contribution in [2.45, 2.75) is 53.1 Å². The number of carbonyl (C=O) groups excluding carboxylic acids is 2. The Bertz CT molecular complexity index is 835. The molecule has 1 atom stereocenters. The highest BCUT2D eigenvalue weighted by Crippen LogP contribution is 2.19. The van der Waals surface area contributed by atoms with E-state index in [-0.39, 0.29) is 18.2 Å². The molecular formula is C24H31ClN2O2. The number of carbonyl (C=O) groups is 2. The van der Waals surface area contributed by atoms with Crippen LogP contribution in [0.1, 0.15) is 43.9 Å². The lowest BCUT2D eigenvalue weighted by Gasteiger charge is -2.31. The lowest BCUT2D eigenvalue weighted by molar-refractivity contribution is -0.141. The number of nitrogens with one attached hydrogen (secondary N) is 1. The summed E-state index contributed by atoms with van der Waals surface area (Å²) in [6.45, 7) is 9.03. The van der Waals surface area contributed by atoms with Crippen LogP contribution in [0.15, 0.2) is 48.5 Å². The number of halogens is 1. The normalized spacial score (nSPS) is 11.9. The molecule has 29 heavy (non-hydrogen) atoms. The average Bonchev–Trinajstić information content (AvgIpc) is 2.68. The minimum absolute atomic E-state index is 0.105. The Kier molecular flexibility index (Phi) is 8.71. The van der Waals surface area contributed by atoms with Crippen molar-refractivity contribution in [1.29, 1.82) is 0 Å². The summed E-state index contributed by atoms with van der Waals surface area (Å²) < 4.78 is 0. The molecule has 0 aromatic heterocycles. The second-order valence-corrected chi connectivity index (χ2v) is 8.25. The van der Waals surface area contributed by atoms with Gasteiger partial charge in [-0.3, -0.25) is 9.59 Å². The summed E-state index contributed by atoms with van der Waals surface area (Å²) in [7, 11) is 0. The number of rotatable bonds is 9. The van der Waals surface area contributed by atoms with Crippen molar-refractivity contribution in [3.8, 4) is 0 Å². The first-order chi connectivity index (χ1) is 13.8. The first-order valence-electron chi connectivity index (χ1n) is 10.2. The Morgan fingerprint density at radius 2 is 1.83 bits per heavy atom. The number of amides is 2. The highest BCUT2D eigenvalue weighted by Gasteiger charge is 2.29. The zero-order valence-corrected chi connectivity index (χ0v) is 18.5. The molecule has 2 aromatic rings. The summed E-state index contributed by atoms with van der Waals surface area (Å²) in [6.07, 6.45) is 0.712. The fourth-order valence-corrected chi connectivity index (χ4v) is 3.46. The fraction of sp³-hybridized carbons (Fsp3) is 0.417. The van der Waals surface area contributed by atoms with Crippen LogP contribution in [0.2, 0.25) is 5.02 Å². The minimum Gasteiger partial charge on any atom is -0.354 e. The molecule has 0 bridgehead atoms. The summed E-state index contributed by atoms with van der Waals surface area (Å²) in [5, 5.41) is 3.55. The molecule has 4 nitrogen and oxygen atoms in total. The van der Waals surface area contributed by atoms with Crippen LogP contribution in [-0.2, 0) is 22.6 Å². The third-order valence-electron chi connectivity index (χ3n) is 4.81. The molecule has 0 radical (unpaired) electrons. The second-order valence-electron chi connectivity index (χ2n) is 7.84. The van der Waals surface area contributed by atoms with Crippen molar-refractivity contribution in [3.05, 3.63) is 70.2 Å². The SMILES string of the molecule is CC[C@@H](C(=O)NCC(C)C)N(Cc1cccc(C)c1)C(=O)Cc1ccccc1Cl. The number of hydrogen-bond donors (Lipinski definition) is 1. The minimum atomic E-state index is -0.524. The van der Waals surface area contributed by atoms with E-state index >= 15 is 0 Å². The van der Waals surface area contributed by atoms with E-state index in [1.54, 1.807) is 11.0 Å². The van der Waals surface area contributed by atoms with Gasteiger partial charge in [0.2, 0.25) is 11.8 Å². The summed E-state index contributed by atoms with van der Waals surface area (Å²) in [6, 6.07) is 14.8. The molecule has 0 aliphatic rings. The van der Waals surface area contributed by atoms with Crippen molar-refractivity contribution in [2.24, 2.45) is 5.92 Å². The largest absolute Gasteiger partial charge is 0.354 e. The maximum Gasteiger partial charge on any atom is 0.242 e. The van der Waals surface area contributed by atoms with Crippen LogP contribution in [-0.4, -0.2) is 29.3 Å². The number of nitrogens with zero attached hydrogens (tertiary/aromatic N) is 1. The van der Waals surface area contributed by atoms with Crippen LogP contribution in [0, 0.1) is 12.8 Å². The molecule has 2 aromatic carbocycles. The number of hydrogen-bond acceptors (Lipinski definition) is 2. The Morgan fingerprint density at radius 1 is 1.10 bits per heavy atom. The predicted molar refractivity (Wildman–Crippen MR) is 119 cm³/mol. The van der Waals surface area contributed by atoms with Gasteiger partial charge < -0.3 is 10.2 Å². The number of aryl methyl sites for hydroxylation is 1. The van der Waals surface area contributed by atoms with Gasteiger partial charge in [0.15, 0.2) is 0 Å². The average molecular weight is 415 g/mol. The molecule has 2 rings (SSSR count). The molecule has 2 amide bonds. The van der Waals surface area contributed by atoms with Crippen molar-refractivity contribution >= 4 is 23.4 Å². The van der Waals surface area contributed by atoms with Gasteiger partial charge >= 0.3 is 0 Å². The molecule has 0 saturated heterocycles. The first-order valence-corrected chi connectivity index (χ1v) is 10.6. The van der Waals surface area contributed by atoms with Gasteiger partial charge in [-0.1, -0.05) is 80.4 Å². The quantitative estimate of drug-likeness (QED) is 0.642. The Hall–Kier alpha value is -2.33. The molecule has 156 valence electrons. The van der Waals surface area contributed by atoms with Crippen molar-refractivity contribution in [3.63, 3.8) is 0 Å². The maximum absolute atomic E-state index is 13.3. The van der Waals surface area contributed by atoms with Gasteiger partial charge in [-0.05, 0) is 36.5 Å². The summed E-state index contributed by atoms with van der Waals surface area (Å²) >= 11 is 6.26. The van der Waals surface area contributed by atoms with Crippen LogP contribution >= 0.6 is 11.6 Å².